The Labute approximate surface area is 125 Å². The van der Waals surface area contributed by atoms with Gasteiger partial charge in [-0.1, -0.05) is 45.4 Å². The largest absolute Gasteiger partial charge is 0.385 e. The zero-order chi connectivity index (χ0) is 15.3. The lowest BCUT2D eigenvalue weighted by atomic mass is 9.94. The minimum atomic E-state index is -0.943. The van der Waals surface area contributed by atoms with Gasteiger partial charge in [0.15, 0.2) is 0 Å². The molecule has 122 valence electrons. The van der Waals surface area contributed by atoms with Crippen LogP contribution in [0.4, 0.5) is 0 Å². The van der Waals surface area contributed by atoms with Crippen molar-refractivity contribution in [2.45, 2.75) is 64.3 Å². The fraction of sp³-hybridized carbons (Fsp3) is 1.00. The van der Waals surface area contributed by atoms with Gasteiger partial charge in [0.1, 0.15) is 0 Å². The average molecular weight is 290 g/mol. The highest BCUT2D eigenvalue weighted by molar-refractivity contribution is 4.71. The van der Waals surface area contributed by atoms with Crippen molar-refractivity contribution in [1.82, 2.24) is 0 Å². The van der Waals surface area contributed by atoms with E-state index in [1.54, 1.807) is 28.4 Å². The van der Waals surface area contributed by atoms with Crippen LogP contribution < -0.4 is 0 Å². The van der Waals surface area contributed by atoms with Crippen molar-refractivity contribution < 1.29 is 18.9 Å². The van der Waals surface area contributed by atoms with Crippen molar-refractivity contribution in [3.63, 3.8) is 0 Å². The van der Waals surface area contributed by atoms with Gasteiger partial charge in [-0.2, -0.15) is 0 Å². The molecule has 0 aromatic heterocycles. The monoisotopic (exact) mass is 290 g/mol. The number of hydrogen-bond acceptors (Lipinski definition) is 4. The summed E-state index contributed by atoms with van der Waals surface area (Å²) in [5.41, 5.74) is 0. The molecule has 0 heterocycles. The van der Waals surface area contributed by atoms with E-state index in [4.69, 9.17) is 18.9 Å². The summed E-state index contributed by atoms with van der Waals surface area (Å²) in [7, 11) is 6.62. The molecule has 0 amide bonds. The summed E-state index contributed by atoms with van der Waals surface area (Å²) >= 11 is 0. The predicted octanol–water partition coefficient (Wildman–Crippen LogP) is 3.98. The van der Waals surface area contributed by atoms with Gasteiger partial charge in [-0.25, -0.2) is 0 Å². The summed E-state index contributed by atoms with van der Waals surface area (Å²) < 4.78 is 21.7. The van der Waals surface area contributed by atoms with Crippen molar-refractivity contribution in [3.05, 3.63) is 0 Å². The van der Waals surface area contributed by atoms with E-state index in [9.17, 15) is 0 Å². The molecule has 20 heavy (non-hydrogen) atoms. The maximum Gasteiger partial charge on any atom is 0.285 e. The molecule has 0 radical (unpaired) electrons. The maximum absolute atomic E-state index is 5.49. The molecular weight excluding hydrogens is 256 g/mol. The molecule has 0 fully saturated rings. The Balaban J connectivity index is 4.25. The van der Waals surface area contributed by atoms with Crippen molar-refractivity contribution in [1.29, 1.82) is 0 Å². The van der Waals surface area contributed by atoms with Gasteiger partial charge in [0, 0.05) is 41.0 Å². The summed E-state index contributed by atoms with van der Waals surface area (Å²) in [6, 6.07) is 0. The molecule has 0 saturated heterocycles. The first-order valence-corrected chi connectivity index (χ1v) is 7.85. The minimum Gasteiger partial charge on any atom is -0.385 e. The van der Waals surface area contributed by atoms with Crippen LogP contribution in [0.5, 0.6) is 0 Å². The van der Waals surface area contributed by atoms with E-state index in [-0.39, 0.29) is 5.92 Å². The second kappa shape index (κ2) is 12.6. The highest BCUT2D eigenvalue weighted by Crippen LogP contribution is 2.31. The Morgan fingerprint density at radius 3 is 1.80 bits per heavy atom. The van der Waals surface area contributed by atoms with Crippen LogP contribution in [0.15, 0.2) is 0 Å². The van der Waals surface area contributed by atoms with E-state index in [1.165, 1.54) is 38.5 Å². The van der Waals surface area contributed by atoms with E-state index in [0.29, 0.717) is 6.61 Å². The van der Waals surface area contributed by atoms with Crippen LogP contribution in [0.2, 0.25) is 0 Å². The minimum absolute atomic E-state index is 0.189. The Bertz CT molecular complexity index is 196. The fourth-order valence-corrected chi connectivity index (χ4v) is 2.68. The molecule has 0 aliphatic carbocycles. The fourth-order valence-electron chi connectivity index (χ4n) is 2.68. The summed E-state index contributed by atoms with van der Waals surface area (Å²) in [5, 5.41) is 0. The van der Waals surface area contributed by atoms with E-state index < -0.39 is 5.97 Å². The Kier molecular flexibility index (Phi) is 12.5. The second-order valence-corrected chi connectivity index (χ2v) is 5.25. The van der Waals surface area contributed by atoms with Crippen molar-refractivity contribution in [2.75, 3.05) is 35.0 Å². The van der Waals surface area contributed by atoms with Crippen molar-refractivity contribution in [2.24, 2.45) is 5.92 Å². The van der Waals surface area contributed by atoms with Crippen LogP contribution in [-0.4, -0.2) is 41.0 Å². The Morgan fingerprint density at radius 2 is 1.30 bits per heavy atom. The van der Waals surface area contributed by atoms with E-state index in [2.05, 4.69) is 6.92 Å². The van der Waals surface area contributed by atoms with Gasteiger partial charge in [-0.05, 0) is 12.8 Å². The third-order valence-corrected chi connectivity index (χ3v) is 3.93. The lowest BCUT2D eigenvalue weighted by Gasteiger charge is -2.36. The molecule has 0 rings (SSSR count). The smallest absolute Gasteiger partial charge is 0.285 e. The summed E-state index contributed by atoms with van der Waals surface area (Å²) in [5.74, 6) is -0.754. The van der Waals surface area contributed by atoms with Gasteiger partial charge in [0.2, 0.25) is 0 Å². The molecule has 0 aliphatic heterocycles. The number of hydrogen-bond donors (Lipinski definition) is 0. The number of rotatable bonds is 14. The second-order valence-electron chi connectivity index (χ2n) is 5.25. The van der Waals surface area contributed by atoms with Crippen molar-refractivity contribution >= 4 is 0 Å². The number of unbranched alkanes of at least 4 members (excludes halogenated alkanes) is 5. The first-order valence-electron chi connectivity index (χ1n) is 7.85. The van der Waals surface area contributed by atoms with Gasteiger partial charge in [-0.15, -0.1) is 0 Å². The summed E-state index contributed by atoms with van der Waals surface area (Å²) in [4.78, 5) is 0. The average Bonchev–Trinajstić information content (AvgIpc) is 2.49. The predicted molar refractivity (Wildman–Crippen MR) is 81.7 cm³/mol. The molecule has 1 atom stereocenters. The van der Waals surface area contributed by atoms with E-state index in [0.717, 1.165) is 12.8 Å². The van der Waals surface area contributed by atoms with E-state index in [1.807, 2.05) is 0 Å². The molecule has 0 aromatic rings. The molecule has 0 N–H and O–H groups in total. The molecule has 4 heteroatoms. The lowest BCUT2D eigenvalue weighted by molar-refractivity contribution is -0.381. The van der Waals surface area contributed by atoms with Gasteiger partial charge >= 0.3 is 0 Å². The normalized spacial score (nSPS) is 13.7. The van der Waals surface area contributed by atoms with Crippen LogP contribution in [0, 0.1) is 5.92 Å². The molecule has 0 aliphatic rings. The SMILES string of the molecule is CCCCCCCCC(CCOC)C(OC)(OC)OC. The molecule has 0 spiro atoms. The number of methoxy groups -OCH3 is 4. The first-order chi connectivity index (χ1) is 9.70. The van der Waals surface area contributed by atoms with Crippen LogP contribution in [0.25, 0.3) is 0 Å². The lowest BCUT2D eigenvalue weighted by Crippen LogP contribution is -2.44. The topological polar surface area (TPSA) is 36.9 Å². The summed E-state index contributed by atoms with van der Waals surface area (Å²) in [6.07, 6.45) is 9.62. The third kappa shape index (κ3) is 7.02. The quantitative estimate of drug-likeness (QED) is 0.358. The summed E-state index contributed by atoms with van der Waals surface area (Å²) in [6.45, 7) is 2.93. The van der Waals surface area contributed by atoms with Crippen LogP contribution in [0.1, 0.15) is 58.3 Å². The molecule has 1 unspecified atom stereocenters. The van der Waals surface area contributed by atoms with Gasteiger partial charge in [-0.3, -0.25) is 0 Å². The zero-order valence-electron chi connectivity index (χ0n) is 14.1. The number of ether oxygens (including phenoxy) is 4. The van der Waals surface area contributed by atoms with E-state index >= 15 is 0 Å². The van der Waals surface area contributed by atoms with Crippen LogP contribution in [0.3, 0.4) is 0 Å². The standard InChI is InChI=1S/C16H34O4/c1-6-7-8-9-10-11-12-15(13-14-17-2)16(18-3,19-4)20-5/h15H,6-14H2,1-5H3. The van der Waals surface area contributed by atoms with Crippen molar-refractivity contribution in [3.8, 4) is 0 Å². The molecular formula is C16H34O4. The molecule has 0 bridgehead atoms. The molecule has 0 aromatic carbocycles. The van der Waals surface area contributed by atoms with Crippen LogP contribution in [-0.2, 0) is 18.9 Å². The maximum atomic E-state index is 5.49. The Morgan fingerprint density at radius 1 is 0.750 bits per heavy atom. The molecule has 4 nitrogen and oxygen atoms in total. The highest BCUT2D eigenvalue weighted by Gasteiger charge is 2.39. The van der Waals surface area contributed by atoms with Gasteiger partial charge in [0.25, 0.3) is 5.97 Å². The van der Waals surface area contributed by atoms with Gasteiger partial charge in [0.05, 0.1) is 0 Å². The van der Waals surface area contributed by atoms with Gasteiger partial charge < -0.3 is 18.9 Å². The third-order valence-electron chi connectivity index (χ3n) is 3.93. The Hall–Kier alpha value is -0.160. The highest BCUT2D eigenvalue weighted by atomic mass is 16.9. The first kappa shape index (κ1) is 19.8. The molecule has 0 saturated carbocycles. The zero-order valence-corrected chi connectivity index (χ0v) is 14.1. The van der Waals surface area contributed by atoms with Crippen LogP contribution >= 0.6 is 0 Å².